The highest BCUT2D eigenvalue weighted by atomic mass is 19.4. The molecular weight excluding hydrogens is 233 g/mol. The van der Waals surface area contributed by atoms with E-state index in [1.807, 2.05) is 6.07 Å². The minimum atomic E-state index is -4.61. The fourth-order valence-corrected chi connectivity index (χ4v) is 1.60. The first-order chi connectivity index (χ1) is 7.84. The maximum Gasteiger partial charge on any atom is 0.453 e. The lowest BCUT2D eigenvalue weighted by atomic mass is 10.1. The summed E-state index contributed by atoms with van der Waals surface area (Å²) in [4.78, 5) is 3.38. The molecule has 0 aliphatic rings. The van der Waals surface area contributed by atoms with E-state index in [0.717, 1.165) is 4.52 Å². The summed E-state index contributed by atoms with van der Waals surface area (Å²) in [5, 5.41) is 12.3. The van der Waals surface area contributed by atoms with Crippen molar-refractivity contribution in [2.45, 2.75) is 20.0 Å². The molecule has 2 aromatic heterocycles. The highest BCUT2D eigenvalue weighted by Crippen LogP contribution is 2.27. The van der Waals surface area contributed by atoms with Crippen LogP contribution >= 0.6 is 0 Å². The topological polar surface area (TPSA) is 54.0 Å². The molecule has 2 aromatic rings. The van der Waals surface area contributed by atoms with Crippen LogP contribution in [0.4, 0.5) is 13.2 Å². The van der Waals surface area contributed by atoms with Gasteiger partial charge in [-0.3, -0.25) is 0 Å². The van der Waals surface area contributed by atoms with E-state index >= 15 is 0 Å². The number of fused-ring (bicyclic) bond motifs is 1. The number of aromatic nitrogens is 3. The number of rotatable bonds is 0. The number of nitrogens with zero attached hydrogens (tertiary/aromatic N) is 4. The number of alkyl halides is 3. The van der Waals surface area contributed by atoms with Crippen molar-refractivity contribution in [2.24, 2.45) is 0 Å². The molecule has 0 unspecified atom stereocenters. The molecule has 4 nitrogen and oxygen atoms in total. The predicted molar refractivity (Wildman–Crippen MR) is 52.2 cm³/mol. The fourth-order valence-electron chi connectivity index (χ4n) is 1.60. The second kappa shape index (κ2) is 3.45. The van der Waals surface area contributed by atoms with Crippen LogP contribution in [0.15, 0.2) is 6.07 Å². The van der Waals surface area contributed by atoms with E-state index in [9.17, 15) is 13.2 Å². The first-order valence-electron chi connectivity index (χ1n) is 4.69. The second-order valence-electron chi connectivity index (χ2n) is 3.62. The lowest BCUT2D eigenvalue weighted by molar-refractivity contribution is -0.144. The Balaban J connectivity index is 2.86. The molecule has 0 fully saturated rings. The average Bonchev–Trinajstić information content (AvgIpc) is 2.62. The molecule has 0 aliphatic heterocycles. The van der Waals surface area contributed by atoms with Crippen molar-refractivity contribution in [3.05, 3.63) is 28.7 Å². The number of hydrogen-bond donors (Lipinski definition) is 0. The Hall–Kier alpha value is -2.10. The SMILES string of the molecule is Cc1cc(C)n2nc(C(F)(F)F)nc2c1C#N. The molecule has 17 heavy (non-hydrogen) atoms. The maximum absolute atomic E-state index is 12.5. The molecule has 0 amide bonds. The first-order valence-corrected chi connectivity index (χ1v) is 4.69. The van der Waals surface area contributed by atoms with Crippen molar-refractivity contribution in [1.29, 1.82) is 5.26 Å². The Morgan fingerprint density at radius 1 is 1.35 bits per heavy atom. The number of halogens is 3. The molecule has 0 atom stereocenters. The molecule has 0 radical (unpaired) electrons. The normalized spacial score (nSPS) is 11.8. The highest BCUT2D eigenvalue weighted by molar-refractivity contribution is 5.59. The van der Waals surface area contributed by atoms with Crippen LogP contribution in [0, 0.1) is 25.2 Å². The van der Waals surface area contributed by atoms with Crippen molar-refractivity contribution in [3.8, 4) is 6.07 Å². The molecule has 0 aliphatic carbocycles. The van der Waals surface area contributed by atoms with E-state index in [1.54, 1.807) is 19.9 Å². The van der Waals surface area contributed by atoms with E-state index in [2.05, 4.69) is 10.1 Å². The summed E-state index contributed by atoms with van der Waals surface area (Å²) < 4.78 is 38.5. The number of aryl methyl sites for hydroxylation is 2. The predicted octanol–water partition coefficient (Wildman–Crippen LogP) is 2.24. The van der Waals surface area contributed by atoms with Gasteiger partial charge in [-0.1, -0.05) is 0 Å². The van der Waals surface area contributed by atoms with Crippen LogP contribution in [-0.2, 0) is 6.18 Å². The molecule has 88 valence electrons. The summed E-state index contributed by atoms with van der Waals surface area (Å²) in [6.07, 6.45) is -4.61. The van der Waals surface area contributed by atoms with Crippen molar-refractivity contribution < 1.29 is 13.2 Å². The molecule has 0 aromatic carbocycles. The minimum Gasteiger partial charge on any atom is -0.216 e. The summed E-state index contributed by atoms with van der Waals surface area (Å²) >= 11 is 0. The van der Waals surface area contributed by atoms with E-state index in [-0.39, 0.29) is 11.2 Å². The third-order valence-corrected chi connectivity index (χ3v) is 2.35. The molecule has 0 spiro atoms. The van der Waals surface area contributed by atoms with Gasteiger partial charge in [0.2, 0.25) is 0 Å². The Morgan fingerprint density at radius 2 is 2.00 bits per heavy atom. The Morgan fingerprint density at radius 3 is 2.53 bits per heavy atom. The van der Waals surface area contributed by atoms with Gasteiger partial charge in [-0.15, -0.1) is 5.10 Å². The van der Waals surface area contributed by atoms with Crippen LogP contribution in [0.1, 0.15) is 22.6 Å². The molecule has 2 heterocycles. The van der Waals surface area contributed by atoms with Gasteiger partial charge in [-0.25, -0.2) is 9.50 Å². The third-order valence-electron chi connectivity index (χ3n) is 2.35. The smallest absolute Gasteiger partial charge is 0.216 e. The molecule has 7 heteroatoms. The summed E-state index contributed by atoms with van der Waals surface area (Å²) in [6.45, 7) is 3.25. The number of nitriles is 1. The lowest BCUT2D eigenvalue weighted by Gasteiger charge is -2.02. The van der Waals surface area contributed by atoms with E-state index < -0.39 is 12.0 Å². The van der Waals surface area contributed by atoms with Gasteiger partial charge in [-0.2, -0.15) is 18.4 Å². The zero-order valence-corrected chi connectivity index (χ0v) is 9.00. The molecule has 0 N–H and O–H groups in total. The van der Waals surface area contributed by atoms with Crippen LogP contribution in [0.3, 0.4) is 0 Å². The number of pyridine rings is 1. The fraction of sp³-hybridized carbons (Fsp3) is 0.300. The zero-order valence-electron chi connectivity index (χ0n) is 9.00. The largest absolute Gasteiger partial charge is 0.453 e. The van der Waals surface area contributed by atoms with Crippen molar-refractivity contribution in [3.63, 3.8) is 0 Å². The van der Waals surface area contributed by atoms with Crippen LogP contribution in [0.25, 0.3) is 5.65 Å². The summed E-state index contributed by atoms with van der Waals surface area (Å²) in [7, 11) is 0. The van der Waals surface area contributed by atoms with Crippen molar-refractivity contribution in [2.75, 3.05) is 0 Å². The molecule has 2 rings (SSSR count). The second-order valence-corrected chi connectivity index (χ2v) is 3.62. The van der Waals surface area contributed by atoms with Gasteiger partial charge in [-0.05, 0) is 25.5 Å². The zero-order chi connectivity index (χ0) is 12.8. The molecule has 0 saturated heterocycles. The van der Waals surface area contributed by atoms with Gasteiger partial charge in [0.1, 0.15) is 6.07 Å². The molecule has 0 saturated carbocycles. The van der Waals surface area contributed by atoms with Crippen molar-refractivity contribution >= 4 is 5.65 Å². The Kier molecular flexibility index (Phi) is 2.31. The number of hydrogen-bond acceptors (Lipinski definition) is 3. The Labute approximate surface area is 94.3 Å². The molecular formula is C10H7F3N4. The van der Waals surface area contributed by atoms with Gasteiger partial charge < -0.3 is 0 Å². The summed E-state index contributed by atoms with van der Waals surface area (Å²) in [5.74, 6) is -1.23. The van der Waals surface area contributed by atoms with Gasteiger partial charge in [0.15, 0.2) is 5.65 Å². The average molecular weight is 240 g/mol. The van der Waals surface area contributed by atoms with Gasteiger partial charge in [0.25, 0.3) is 5.82 Å². The van der Waals surface area contributed by atoms with Crippen LogP contribution in [0.5, 0.6) is 0 Å². The van der Waals surface area contributed by atoms with Crippen LogP contribution in [0.2, 0.25) is 0 Å². The van der Waals surface area contributed by atoms with Gasteiger partial charge >= 0.3 is 6.18 Å². The van der Waals surface area contributed by atoms with E-state index in [0.29, 0.717) is 11.3 Å². The Bertz CT molecular complexity index is 634. The maximum atomic E-state index is 12.5. The van der Waals surface area contributed by atoms with Crippen LogP contribution < -0.4 is 0 Å². The third kappa shape index (κ3) is 1.71. The quantitative estimate of drug-likeness (QED) is 0.709. The molecule has 0 bridgehead atoms. The summed E-state index contributed by atoms with van der Waals surface area (Å²) in [5.41, 5.74) is 1.13. The monoisotopic (exact) mass is 240 g/mol. The van der Waals surface area contributed by atoms with E-state index in [1.165, 1.54) is 0 Å². The highest BCUT2D eigenvalue weighted by Gasteiger charge is 2.36. The standard InChI is InChI=1S/C10H7F3N4/c1-5-3-6(2)17-8(7(5)4-14)15-9(16-17)10(11,12)13/h3H,1-2H3. The minimum absolute atomic E-state index is 0.0580. The lowest BCUT2D eigenvalue weighted by Crippen LogP contribution is -2.07. The van der Waals surface area contributed by atoms with Gasteiger partial charge in [0, 0.05) is 5.69 Å². The van der Waals surface area contributed by atoms with Crippen LogP contribution in [-0.4, -0.2) is 14.6 Å². The first kappa shape index (κ1) is 11.4. The summed E-state index contributed by atoms with van der Waals surface area (Å²) in [6, 6.07) is 3.44. The van der Waals surface area contributed by atoms with Gasteiger partial charge in [0.05, 0.1) is 5.56 Å². The van der Waals surface area contributed by atoms with E-state index in [4.69, 9.17) is 5.26 Å². The van der Waals surface area contributed by atoms with Crippen molar-refractivity contribution in [1.82, 2.24) is 14.6 Å².